The fraction of sp³-hybridized carbons (Fsp3) is 0.0526. The Morgan fingerprint density at radius 3 is 1.96 bits per heavy atom. The molecule has 0 aromatic heterocycles. The van der Waals surface area contributed by atoms with Crippen LogP contribution in [0.2, 0.25) is 0 Å². The Balaban J connectivity index is 1.27. The fourth-order valence-electron chi connectivity index (χ4n) is 4.61. The molecule has 0 aliphatic carbocycles. The van der Waals surface area contributed by atoms with Crippen molar-refractivity contribution in [3.05, 3.63) is 150 Å². The third-order valence-electron chi connectivity index (χ3n) is 7.15. The van der Waals surface area contributed by atoms with Gasteiger partial charge < -0.3 is 26.2 Å². The average molecular weight is 658 g/mol. The molecule has 0 aliphatic rings. The number of hydrogen-bond acceptors (Lipinski definition) is 6. The van der Waals surface area contributed by atoms with Gasteiger partial charge in [0.1, 0.15) is 17.0 Å². The summed E-state index contributed by atoms with van der Waals surface area (Å²) >= 11 is 1.27. The van der Waals surface area contributed by atoms with E-state index in [0.29, 0.717) is 11.3 Å². The molecule has 10 heteroatoms. The molecule has 0 bridgehead atoms. The molecule has 5 N–H and O–H groups in total. The van der Waals surface area contributed by atoms with E-state index >= 15 is 0 Å². The van der Waals surface area contributed by atoms with E-state index in [1.807, 2.05) is 54.6 Å². The standard InChI is InChI=1S/C38H31N3O6S/c1-24(35(43)40-30-18-21-34(42)32(23-30)38(46)47)48-31-19-16-29(17-20-31)39-37(45)33(41-36(44)28-10-6-3-7-11-28)22-25-12-14-27(15-13-25)26-8-4-2-5-9-26/h2-24,42H,1H3,(H,39,45)(H,40,43)(H,41,44)(H,46,47)/b33-22-. The quantitative estimate of drug-likeness (QED) is 0.0570. The van der Waals surface area contributed by atoms with Crippen LogP contribution in [0.25, 0.3) is 17.2 Å². The van der Waals surface area contributed by atoms with Gasteiger partial charge in [0.2, 0.25) is 5.91 Å². The number of carboxylic acid groups (broad SMARTS) is 1. The molecule has 9 nitrogen and oxygen atoms in total. The van der Waals surface area contributed by atoms with Gasteiger partial charge in [-0.1, -0.05) is 72.8 Å². The maximum Gasteiger partial charge on any atom is 0.339 e. The zero-order chi connectivity index (χ0) is 34.0. The van der Waals surface area contributed by atoms with Gasteiger partial charge >= 0.3 is 5.97 Å². The van der Waals surface area contributed by atoms with E-state index in [1.165, 1.54) is 30.0 Å². The Bertz CT molecular complexity index is 1960. The Hall–Kier alpha value is -6.13. The Labute approximate surface area is 281 Å². The summed E-state index contributed by atoms with van der Waals surface area (Å²) in [5, 5.41) is 26.6. The summed E-state index contributed by atoms with van der Waals surface area (Å²) in [7, 11) is 0. The van der Waals surface area contributed by atoms with Crippen molar-refractivity contribution >= 4 is 52.9 Å². The summed E-state index contributed by atoms with van der Waals surface area (Å²) in [6.45, 7) is 1.70. The largest absolute Gasteiger partial charge is 0.507 e. The summed E-state index contributed by atoms with van der Waals surface area (Å²) in [5.41, 5.74) is 3.67. The van der Waals surface area contributed by atoms with Crippen LogP contribution in [0.4, 0.5) is 11.4 Å². The highest BCUT2D eigenvalue weighted by Crippen LogP contribution is 2.27. The summed E-state index contributed by atoms with van der Waals surface area (Å²) in [4.78, 5) is 51.3. The molecular weight excluding hydrogens is 627 g/mol. The van der Waals surface area contributed by atoms with Crippen LogP contribution in [0.15, 0.2) is 138 Å². The molecule has 0 saturated carbocycles. The molecule has 240 valence electrons. The highest BCUT2D eigenvalue weighted by molar-refractivity contribution is 8.00. The lowest BCUT2D eigenvalue weighted by atomic mass is 10.0. The monoisotopic (exact) mass is 657 g/mol. The number of hydrogen-bond donors (Lipinski definition) is 5. The van der Waals surface area contributed by atoms with Gasteiger partial charge in [0.05, 0.1) is 5.25 Å². The van der Waals surface area contributed by atoms with Gasteiger partial charge in [-0.2, -0.15) is 0 Å². The van der Waals surface area contributed by atoms with Crippen LogP contribution in [0.3, 0.4) is 0 Å². The number of nitrogens with one attached hydrogen (secondary N) is 3. The van der Waals surface area contributed by atoms with Gasteiger partial charge in [-0.15, -0.1) is 11.8 Å². The smallest absolute Gasteiger partial charge is 0.339 e. The number of carbonyl (C=O) groups excluding carboxylic acids is 3. The van der Waals surface area contributed by atoms with E-state index < -0.39 is 28.8 Å². The molecular formula is C38H31N3O6S. The lowest BCUT2D eigenvalue weighted by molar-refractivity contribution is -0.115. The van der Waals surface area contributed by atoms with Crippen LogP contribution in [0.5, 0.6) is 5.75 Å². The van der Waals surface area contributed by atoms with Crippen LogP contribution < -0.4 is 16.0 Å². The third kappa shape index (κ3) is 8.77. The number of aromatic carboxylic acids is 1. The van der Waals surface area contributed by atoms with Crippen LogP contribution in [0.1, 0.15) is 33.2 Å². The van der Waals surface area contributed by atoms with Crippen LogP contribution in [-0.2, 0) is 9.59 Å². The predicted molar refractivity (Wildman–Crippen MR) is 188 cm³/mol. The number of rotatable bonds is 11. The van der Waals surface area contributed by atoms with Gasteiger partial charge in [0, 0.05) is 21.8 Å². The number of amides is 3. The number of thioether (sulfide) groups is 1. The molecule has 0 radical (unpaired) electrons. The summed E-state index contributed by atoms with van der Waals surface area (Å²) in [6, 6.07) is 36.9. The van der Waals surface area contributed by atoms with Crippen molar-refractivity contribution in [2.45, 2.75) is 17.1 Å². The molecule has 3 amide bonds. The minimum absolute atomic E-state index is 0.0559. The van der Waals surface area contributed by atoms with Crippen molar-refractivity contribution in [1.82, 2.24) is 5.32 Å². The summed E-state index contributed by atoms with van der Waals surface area (Å²) < 4.78 is 0. The van der Waals surface area contributed by atoms with Crippen LogP contribution in [0, 0.1) is 0 Å². The van der Waals surface area contributed by atoms with Crippen LogP contribution in [-0.4, -0.2) is 39.2 Å². The van der Waals surface area contributed by atoms with E-state index in [4.69, 9.17) is 0 Å². The topological polar surface area (TPSA) is 145 Å². The van der Waals surface area contributed by atoms with Crippen molar-refractivity contribution in [1.29, 1.82) is 0 Å². The molecule has 1 atom stereocenters. The zero-order valence-electron chi connectivity index (χ0n) is 25.7. The lowest BCUT2D eigenvalue weighted by Crippen LogP contribution is -2.30. The Morgan fingerprint density at radius 1 is 0.708 bits per heavy atom. The molecule has 5 aromatic carbocycles. The number of benzene rings is 5. The second-order valence-electron chi connectivity index (χ2n) is 10.6. The average Bonchev–Trinajstić information content (AvgIpc) is 3.10. The van der Waals surface area contributed by atoms with Crippen molar-refractivity contribution < 1.29 is 29.4 Å². The first kappa shape index (κ1) is 33.2. The van der Waals surface area contributed by atoms with E-state index in [9.17, 15) is 29.4 Å². The third-order valence-corrected chi connectivity index (χ3v) is 8.26. The van der Waals surface area contributed by atoms with E-state index in [1.54, 1.807) is 67.6 Å². The van der Waals surface area contributed by atoms with Gasteiger partial charge in [0.15, 0.2) is 0 Å². The zero-order valence-corrected chi connectivity index (χ0v) is 26.5. The van der Waals surface area contributed by atoms with E-state index in [2.05, 4.69) is 16.0 Å². The molecule has 0 aliphatic heterocycles. The van der Waals surface area contributed by atoms with Crippen molar-refractivity contribution in [3.63, 3.8) is 0 Å². The van der Waals surface area contributed by atoms with E-state index in [-0.39, 0.29) is 22.9 Å². The molecule has 0 spiro atoms. The maximum atomic E-state index is 13.5. The molecule has 0 heterocycles. The van der Waals surface area contributed by atoms with E-state index in [0.717, 1.165) is 21.6 Å². The fourth-order valence-corrected chi connectivity index (χ4v) is 5.48. The summed E-state index contributed by atoms with van der Waals surface area (Å²) in [6.07, 6.45) is 1.61. The van der Waals surface area contributed by atoms with Gasteiger partial charge in [-0.25, -0.2) is 4.79 Å². The first-order valence-electron chi connectivity index (χ1n) is 14.8. The van der Waals surface area contributed by atoms with Crippen molar-refractivity contribution in [2.75, 3.05) is 10.6 Å². The van der Waals surface area contributed by atoms with Gasteiger partial charge in [0.25, 0.3) is 11.8 Å². The molecule has 5 rings (SSSR count). The van der Waals surface area contributed by atoms with Crippen LogP contribution >= 0.6 is 11.8 Å². The number of aromatic hydroxyl groups is 1. The second-order valence-corrected chi connectivity index (χ2v) is 12.0. The maximum absolute atomic E-state index is 13.5. The van der Waals surface area contributed by atoms with Gasteiger partial charge in [-0.05, 0) is 84.3 Å². The first-order chi connectivity index (χ1) is 23.2. The number of anilines is 2. The number of carboxylic acids is 1. The van der Waals surface area contributed by atoms with Crippen molar-refractivity contribution in [3.8, 4) is 16.9 Å². The molecule has 0 fully saturated rings. The normalized spacial score (nSPS) is 11.6. The highest BCUT2D eigenvalue weighted by Gasteiger charge is 2.18. The van der Waals surface area contributed by atoms with Gasteiger partial charge in [-0.3, -0.25) is 14.4 Å². The first-order valence-corrected chi connectivity index (χ1v) is 15.7. The predicted octanol–water partition coefficient (Wildman–Crippen LogP) is 7.29. The number of phenols is 1. The Kier molecular flexibility index (Phi) is 10.7. The number of carbonyl (C=O) groups is 4. The molecule has 5 aromatic rings. The van der Waals surface area contributed by atoms with Crippen molar-refractivity contribution in [2.24, 2.45) is 0 Å². The SMILES string of the molecule is CC(Sc1ccc(NC(=O)/C(=C/c2ccc(-c3ccccc3)cc2)NC(=O)c2ccccc2)cc1)C(=O)Nc1ccc(O)c(C(=O)O)c1. The summed E-state index contributed by atoms with van der Waals surface area (Å²) in [5.74, 6) is -3.01. The second kappa shape index (κ2) is 15.4. The lowest BCUT2D eigenvalue weighted by Gasteiger charge is -2.14. The molecule has 1 unspecified atom stereocenters. The Morgan fingerprint density at radius 2 is 1.31 bits per heavy atom. The molecule has 0 saturated heterocycles. The molecule has 48 heavy (non-hydrogen) atoms. The minimum Gasteiger partial charge on any atom is -0.507 e. The minimum atomic E-state index is -1.31. The highest BCUT2D eigenvalue weighted by atomic mass is 32.2.